The maximum absolute atomic E-state index is 10.9. The van der Waals surface area contributed by atoms with Crippen molar-refractivity contribution in [3.05, 3.63) is 28.8 Å². The number of carbonyl (C=O) groups excluding carboxylic acids is 1. The zero-order valence-corrected chi connectivity index (χ0v) is 12.1. The van der Waals surface area contributed by atoms with E-state index in [9.17, 15) is 4.79 Å². The van der Waals surface area contributed by atoms with E-state index in [-0.39, 0.29) is 5.78 Å². The van der Waals surface area contributed by atoms with Gasteiger partial charge in [-0.3, -0.25) is 4.79 Å². The molecule has 0 amide bonds. The molecule has 0 bridgehead atoms. The number of halogens is 1. The van der Waals surface area contributed by atoms with Gasteiger partial charge in [-0.25, -0.2) is 0 Å². The van der Waals surface area contributed by atoms with Crippen LogP contribution in [0, 0.1) is 0 Å². The molecule has 0 aliphatic rings. The Morgan fingerprint density at radius 3 is 2.00 bits per heavy atom. The Bertz CT molecular complexity index is 324. The minimum atomic E-state index is 0.00460. The predicted octanol–water partition coefficient (Wildman–Crippen LogP) is 3.84. The number of hydrogen-bond donors (Lipinski definition) is 0. The SMILES string of the molecule is CC.COC.COc1cc(C(C)=O)ccc1Cl. The van der Waals surface area contributed by atoms with Crippen molar-refractivity contribution in [2.45, 2.75) is 20.8 Å². The Balaban J connectivity index is 0. The second-order valence-corrected chi connectivity index (χ2v) is 3.22. The van der Waals surface area contributed by atoms with Crippen LogP contribution in [0.25, 0.3) is 0 Å². The number of ketones is 1. The Hall–Kier alpha value is -1.06. The molecule has 0 saturated carbocycles. The molecule has 1 aromatic carbocycles. The minimum Gasteiger partial charge on any atom is -0.495 e. The summed E-state index contributed by atoms with van der Waals surface area (Å²) in [6.45, 7) is 5.50. The average molecular weight is 261 g/mol. The predicted molar refractivity (Wildman–Crippen MR) is 72.3 cm³/mol. The zero-order chi connectivity index (χ0) is 13.8. The summed E-state index contributed by atoms with van der Waals surface area (Å²) in [7, 11) is 4.77. The molecule has 0 N–H and O–H groups in total. The first-order valence-electron chi connectivity index (χ1n) is 5.31. The first kappa shape index (κ1) is 18.3. The molecule has 0 fully saturated rings. The van der Waals surface area contributed by atoms with E-state index in [1.54, 1.807) is 32.4 Å². The number of Topliss-reactive ketones (excluding diaryl/α,β-unsaturated/α-hetero) is 1. The van der Waals surface area contributed by atoms with Crippen molar-refractivity contribution in [1.82, 2.24) is 0 Å². The van der Waals surface area contributed by atoms with E-state index >= 15 is 0 Å². The van der Waals surface area contributed by atoms with Crippen LogP contribution in [-0.4, -0.2) is 27.1 Å². The van der Waals surface area contributed by atoms with Crippen LogP contribution in [0.2, 0.25) is 5.02 Å². The van der Waals surface area contributed by atoms with Crippen molar-refractivity contribution >= 4 is 17.4 Å². The third kappa shape index (κ3) is 7.77. The standard InChI is InChI=1S/C9H9ClO2.C2H6O.C2H6/c1-6(11)7-3-4-8(10)9(5-7)12-2;1-3-2;1-2/h3-5H,1-2H3;1-2H3;1-2H3. The first-order chi connectivity index (χ1) is 8.06. The summed E-state index contributed by atoms with van der Waals surface area (Å²) in [6, 6.07) is 4.95. The van der Waals surface area contributed by atoms with Crippen LogP contribution in [0.4, 0.5) is 0 Å². The van der Waals surface area contributed by atoms with Gasteiger partial charge in [-0.1, -0.05) is 25.4 Å². The van der Waals surface area contributed by atoms with E-state index in [0.717, 1.165) is 0 Å². The quantitative estimate of drug-likeness (QED) is 0.758. The molecule has 0 heterocycles. The molecule has 1 aromatic rings. The van der Waals surface area contributed by atoms with Crippen LogP contribution in [0.15, 0.2) is 18.2 Å². The Morgan fingerprint density at radius 1 is 1.18 bits per heavy atom. The smallest absolute Gasteiger partial charge is 0.159 e. The molecule has 98 valence electrons. The highest BCUT2D eigenvalue weighted by Gasteiger charge is 2.04. The molecule has 0 spiro atoms. The van der Waals surface area contributed by atoms with Gasteiger partial charge in [-0.15, -0.1) is 0 Å². The fraction of sp³-hybridized carbons (Fsp3) is 0.462. The fourth-order valence-electron chi connectivity index (χ4n) is 0.879. The largest absolute Gasteiger partial charge is 0.495 e. The lowest BCUT2D eigenvalue weighted by atomic mass is 10.1. The van der Waals surface area contributed by atoms with Crippen LogP contribution >= 0.6 is 11.6 Å². The second kappa shape index (κ2) is 11.4. The van der Waals surface area contributed by atoms with Gasteiger partial charge in [-0.05, 0) is 25.1 Å². The molecule has 17 heavy (non-hydrogen) atoms. The number of rotatable bonds is 2. The van der Waals surface area contributed by atoms with E-state index in [0.29, 0.717) is 16.3 Å². The molecule has 4 heteroatoms. The molecule has 0 atom stereocenters. The Kier molecular flexibility index (Phi) is 12.3. The molecule has 0 aliphatic heterocycles. The zero-order valence-electron chi connectivity index (χ0n) is 11.3. The molecule has 1 rings (SSSR count). The molecule has 0 radical (unpaired) electrons. The van der Waals surface area contributed by atoms with Gasteiger partial charge in [-0.2, -0.15) is 0 Å². The summed E-state index contributed by atoms with van der Waals surface area (Å²) < 4.78 is 9.20. The summed E-state index contributed by atoms with van der Waals surface area (Å²) in [4.78, 5) is 10.9. The summed E-state index contributed by atoms with van der Waals surface area (Å²) in [6.07, 6.45) is 0. The Labute approximate surface area is 109 Å². The van der Waals surface area contributed by atoms with Gasteiger partial charge in [0.1, 0.15) is 5.75 Å². The van der Waals surface area contributed by atoms with Crippen molar-refractivity contribution in [2.75, 3.05) is 21.3 Å². The van der Waals surface area contributed by atoms with Crippen molar-refractivity contribution in [1.29, 1.82) is 0 Å². The Morgan fingerprint density at radius 2 is 1.65 bits per heavy atom. The molecule has 0 unspecified atom stereocenters. The van der Waals surface area contributed by atoms with Gasteiger partial charge in [0.2, 0.25) is 0 Å². The van der Waals surface area contributed by atoms with E-state index < -0.39 is 0 Å². The van der Waals surface area contributed by atoms with Crippen molar-refractivity contribution in [3.8, 4) is 5.75 Å². The van der Waals surface area contributed by atoms with E-state index in [1.165, 1.54) is 14.0 Å². The van der Waals surface area contributed by atoms with E-state index in [1.807, 2.05) is 13.8 Å². The van der Waals surface area contributed by atoms with Crippen LogP contribution in [0.5, 0.6) is 5.75 Å². The van der Waals surface area contributed by atoms with Crippen molar-refractivity contribution < 1.29 is 14.3 Å². The number of ether oxygens (including phenoxy) is 2. The van der Waals surface area contributed by atoms with Crippen LogP contribution in [-0.2, 0) is 4.74 Å². The van der Waals surface area contributed by atoms with Crippen LogP contribution in [0.1, 0.15) is 31.1 Å². The van der Waals surface area contributed by atoms with Gasteiger partial charge >= 0.3 is 0 Å². The molecular formula is C13H21ClO3. The van der Waals surface area contributed by atoms with Crippen LogP contribution in [0.3, 0.4) is 0 Å². The highest BCUT2D eigenvalue weighted by atomic mass is 35.5. The molecule has 0 saturated heterocycles. The van der Waals surface area contributed by atoms with Crippen molar-refractivity contribution in [2.24, 2.45) is 0 Å². The lowest BCUT2D eigenvalue weighted by Crippen LogP contribution is -1.93. The van der Waals surface area contributed by atoms with Gasteiger partial charge < -0.3 is 9.47 Å². The lowest BCUT2D eigenvalue weighted by Gasteiger charge is -2.03. The third-order valence-corrected chi connectivity index (χ3v) is 1.87. The number of methoxy groups -OCH3 is 2. The van der Waals surface area contributed by atoms with Gasteiger partial charge in [0.25, 0.3) is 0 Å². The third-order valence-electron chi connectivity index (χ3n) is 1.56. The highest BCUT2D eigenvalue weighted by molar-refractivity contribution is 6.32. The van der Waals surface area contributed by atoms with E-state index in [2.05, 4.69) is 4.74 Å². The van der Waals surface area contributed by atoms with Crippen LogP contribution < -0.4 is 4.74 Å². The first-order valence-corrected chi connectivity index (χ1v) is 5.69. The maximum atomic E-state index is 10.9. The van der Waals surface area contributed by atoms with Gasteiger partial charge in [0.05, 0.1) is 12.1 Å². The summed E-state index contributed by atoms with van der Waals surface area (Å²) in [5, 5.41) is 0.516. The highest BCUT2D eigenvalue weighted by Crippen LogP contribution is 2.24. The molecule has 0 aromatic heterocycles. The maximum Gasteiger partial charge on any atom is 0.159 e. The minimum absolute atomic E-state index is 0.00460. The number of hydrogen-bond acceptors (Lipinski definition) is 3. The fourth-order valence-corrected chi connectivity index (χ4v) is 1.07. The van der Waals surface area contributed by atoms with Gasteiger partial charge in [0.15, 0.2) is 5.78 Å². The lowest BCUT2D eigenvalue weighted by molar-refractivity contribution is 0.101. The number of carbonyl (C=O) groups is 1. The summed E-state index contributed by atoms with van der Waals surface area (Å²) in [5.74, 6) is 0.536. The molecule has 0 aliphatic carbocycles. The normalized spacial score (nSPS) is 8.18. The molecule has 3 nitrogen and oxygen atoms in total. The summed E-state index contributed by atoms with van der Waals surface area (Å²) >= 11 is 5.76. The van der Waals surface area contributed by atoms with Crippen molar-refractivity contribution in [3.63, 3.8) is 0 Å². The second-order valence-electron chi connectivity index (χ2n) is 2.81. The molecular weight excluding hydrogens is 240 g/mol. The van der Waals surface area contributed by atoms with Gasteiger partial charge in [0, 0.05) is 19.8 Å². The monoisotopic (exact) mass is 260 g/mol. The summed E-state index contributed by atoms with van der Waals surface area (Å²) in [5.41, 5.74) is 0.608. The number of benzene rings is 1. The van der Waals surface area contributed by atoms with E-state index in [4.69, 9.17) is 16.3 Å². The topological polar surface area (TPSA) is 35.5 Å². The average Bonchev–Trinajstić information content (AvgIpc) is 2.33.